The van der Waals surface area contributed by atoms with Gasteiger partial charge in [-0.3, -0.25) is 4.79 Å². The van der Waals surface area contributed by atoms with Gasteiger partial charge in [-0.25, -0.2) is 4.98 Å². The van der Waals surface area contributed by atoms with Crippen LogP contribution in [0, 0.1) is 13.8 Å². The number of amides is 1. The lowest BCUT2D eigenvalue weighted by Crippen LogP contribution is -2.38. The SMILES string of the molecule is CO/N=C1/C[C@@H](CO)N(C(=O)c2ccc(-c3cccc(C)c3C)c(C(F)(F)F)n2)C1. The number of carbonyl (C=O) groups excluding carboxylic acids is 1. The smallest absolute Gasteiger partial charge is 0.399 e. The summed E-state index contributed by atoms with van der Waals surface area (Å²) in [4.78, 5) is 22.6. The molecule has 0 saturated carbocycles. The number of rotatable bonds is 4. The van der Waals surface area contributed by atoms with E-state index in [9.17, 15) is 23.1 Å². The molecule has 0 aliphatic carbocycles. The molecule has 160 valence electrons. The zero-order valence-electron chi connectivity index (χ0n) is 16.8. The second kappa shape index (κ2) is 8.43. The van der Waals surface area contributed by atoms with Gasteiger partial charge in [0.05, 0.1) is 24.9 Å². The number of hydrogen-bond donors (Lipinski definition) is 1. The molecular weight excluding hydrogens is 399 g/mol. The van der Waals surface area contributed by atoms with Gasteiger partial charge in [-0.05, 0) is 42.7 Å². The summed E-state index contributed by atoms with van der Waals surface area (Å²) in [5, 5.41) is 13.3. The largest absolute Gasteiger partial charge is 0.433 e. The minimum Gasteiger partial charge on any atom is -0.399 e. The molecule has 2 aromatic rings. The third-order valence-electron chi connectivity index (χ3n) is 5.23. The quantitative estimate of drug-likeness (QED) is 0.766. The van der Waals surface area contributed by atoms with E-state index in [2.05, 4.69) is 10.1 Å². The van der Waals surface area contributed by atoms with Crippen molar-refractivity contribution < 1.29 is 27.9 Å². The van der Waals surface area contributed by atoms with Gasteiger partial charge in [0, 0.05) is 12.0 Å². The second-order valence-corrected chi connectivity index (χ2v) is 7.15. The van der Waals surface area contributed by atoms with Gasteiger partial charge in [0.15, 0.2) is 5.69 Å². The van der Waals surface area contributed by atoms with Crippen molar-refractivity contribution in [2.24, 2.45) is 5.16 Å². The molecule has 1 amide bonds. The number of aliphatic hydroxyl groups excluding tert-OH is 1. The Bertz CT molecular complexity index is 989. The van der Waals surface area contributed by atoms with Crippen LogP contribution in [-0.2, 0) is 11.0 Å². The number of oxime groups is 1. The first kappa shape index (κ1) is 21.8. The standard InChI is InChI=1S/C21H22F3N3O3/c1-12-5-4-6-16(13(12)2)17-7-8-18(25-19(17)21(22,23)24)20(29)27-10-14(26-30-3)9-15(27)11-28/h4-8,15,28H,9-11H2,1-3H3/b26-14-/t15-/m0/s1. The van der Waals surface area contributed by atoms with E-state index >= 15 is 0 Å². The highest BCUT2D eigenvalue weighted by molar-refractivity contribution is 5.99. The average molecular weight is 421 g/mol. The normalized spacial score (nSPS) is 18.2. The topological polar surface area (TPSA) is 75.0 Å². The molecule has 6 nitrogen and oxygen atoms in total. The molecule has 0 radical (unpaired) electrons. The minimum absolute atomic E-state index is 0.0552. The third-order valence-corrected chi connectivity index (χ3v) is 5.23. The van der Waals surface area contributed by atoms with Crippen molar-refractivity contribution in [1.29, 1.82) is 0 Å². The molecule has 1 aliphatic heterocycles. The van der Waals surface area contributed by atoms with Crippen LogP contribution >= 0.6 is 0 Å². The summed E-state index contributed by atoms with van der Waals surface area (Å²) in [6.07, 6.45) is -4.46. The van der Waals surface area contributed by atoms with Gasteiger partial charge >= 0.3 is 6.18 Å². The first-order valence-corrected chi connectivity index (χ1v) is 9.33. The number of aliphatic hydroxyl groups is 1. The molecule has 1 saturated heterocycles. The van der Waals surface area contributed by atoms with E-state index < -0.39 is 23.8 Å². The Morgan fingerprint density at radius 3 is 2.63 bits per heavy atom. The molecule has 1 aromatic heterocycles. The summed E-state index contributed by atoms with van der Waals surface area (Å²) in [6.45, 7) is 3.27. The molecule has 3 rings (SSSR count). The molecule has 1 fully saturated rings. The van der Waals surface area contributed by atoms with Crippen LogP contribution in [0.5, 0.6) is 0 Å². The second-order valence-electron chi connectivity index (χ2n) is 7.15. The van der Waals surface area contributed by atoms with E-state index in [0.717, 1.165) is 5.56 Å². The van der Waals surface area contributed by atoms with Crippen LogP contribution in [0.2, 0.25) is 0 Å². The monoisotopic (exact) mass is 421 g/mol. The lowest BCUT2D eigenvalue weighted by atomic mass is 9.95. The molecule has 30 heavy (non-hydrogen) atoms. The summed E-state index contributed by atoms with van der Waals surface area (Å²) in [6, 6.07) is 7.07. The highest BCUT2D eigenvalue weighted by atomic mass is 19.4. The van der Waals surface area contributed by atoms with E-state index in [1.54, 1.807) is 19.1 Å². The Morgan fingerprint density at radius 2 is 2.00 bits per heavy atom. The van der Waals surface area contributed by atoms with Crippen LogP contribution in [0.15, 0.2) is 35.5 Å². The predicted molar refractivity (Wildman–Crippen MR) is 105 cm³/mol. The fourth-order valence-corrected chi connectivity index (χ4v) is 3.57. The van der Waals surface area contributed by atoms with E-state index in [-0.39, 0.29) is 30.8 Å². The van der Waals surface area contributed by atoms with Crippen molar-refractivity contribution in [3.05, 3.63) is 52.8 Å². The van der Waals surface area contributed by atoms with Crippen molar-refractivity contribution in [1.82, 2.24) is 9.88 Å². The molecule has 9 heteroatoms. The molecule has 1 aromatic carbocycles. The first-order chi connectivity index (χ1) is 14.2. The molecule has 0 bridgehead atoms. The van der Waals surface area contributed by atoms with Gasteiger partial charge in [-0.15, -0.1) is 0 Å². The number of likely N-dealkylation sites (tertiary alicyclic amines) is 1. The maximum Gasteiger partial charge on any atom is 0.433 e. The van der Waals surface area contributed by atoms with Gasteiger partial charge < -0.3 is 14.8 Å². The molecule has 1 N–H and O–H groups in total. The summed E-state index contributed by atoms with van der Waals surface area (Å²) in [5.41, 5.74) is 0.964. The number of aryl methyl sites for hydroxylation is 1. The lowest BCUT2D eigenvalue weighted by molar-refractivity contribution is -0.140. The fraction of sp³-hybridized carbons (Fsp3) is 0.381. The number of hydrogen-bond acceptors (Lipinski definition) is 5. The Kier molecular flexibility index (Phi) is 6.12. The van der Waals surface area contributed by atoms with Crippen molar-refractivity contribution in [3.8, 4) is 11.1 Å². The van der Waals surface area contributed by atoms with E-state index in [4.69, 9.17) is 4.84 Å². The third kappa shape index (κ3) is 4.16. The van der Waals surface area contributed by atoms with Crippen molar-refractivity contribution >= 4 is 11.6 Å². The van der Waals surface area contributed by atoms with Gasteiger partial charge in [0.1, 0.15) is 12.8 Å². The number of halogens is 3. The van der Waals surface area contributed by atoms with Crippen molar-refractivity contribution in [2.75, 3.05) is 20.3 Å². The highest BCUT2D eigenvalue weighted by Crippen LogP contribution is 2.37. The number of aromatic nitrogens is 1. The minimum atomic E-state index is -4.74. The van der Waals surface area contributed by atoms with Crippen molar-refractivity contribution in [2.45, 2.75) is 32.5 Å². The lowest BCUT2D eigenvalue weighted by Gasteiger charge is -2.23. The van der Waals surface area contributed by atoms with Gasteiger partial charge in [0.2, 0.25) is 0 Å². The van der Waals surface area contributed by atoms with Crippen LogP contribution in [0.1, 0.15) is 33.7 Å². The number of alkyl halides is 3. The van der Waals surface area contributed by atoms with Gasteiger partial charge in [-0.1, -0.05) is 23.4 Å². The van der Waals surface area contributed by atoms with Gasteiger partial charge in [-0.2, -0.15) is 13.2 Å². The molecule has 2 heterocycles. The van der Waals surface area contributed by atoms with Crippen molar-refractivity contribution in [3.63, 3.8) is 0 Å². The van der Waals surface area contributed by atoms with Gasteiger partial charge in [0.25, 0.3) is 5.91 Å². The Morgan fingerprint density at radius 1 is 1.27 bits per heavy atom. The summed E-state index contributed by atoms with van der Waals surface area (Å²) in [7, 11) is 1.36. The Labute approximate surface area is 172 Å². The van der Waals surface area contributed by atoms with Crippen LogP contribution in [0.25, 0.3) is 11.1 Å². The summed E-state index contributed by atoms with van der Waals surface area (Å²) < 4.78 is 41.5. The number of nitrogens with zero attached hydrogens (tertiary/aromatic N) is 3. The maximum absolute atomic E-state index is 13.8. The van der Waals surface area contributed by atoms with Crippen LogP contribution in [-0.4, -0.2) is 52.9 Å². The molecule has 0 unspecified atom stereocenters. The molecule has 1 atom stereocenters. The Balaban J connectivity index is 2.05. The highest BCUT2D eigenvalue weighted by Gasteiger charge is 2.39. The Hall–Kier alpha value is -2.94. The van der Waals surface area contributed by atoms with Crippen LogP contribution < -0.4 is 0 Å². The zero-order valence-corrected chi connectivity index (χ0v) is 16.8. The summed E-state index contributed by atoms with van der Waals surface area (Å²) >= 11 is 0. The van der Waals surface area contributed by atoms with E-state index in [0.29, 0.717) is 16.8 Å². The number of carbonyl (C=O) groups is 1. The summed E-state index contributed by atoms with van der Waals surface area (Å²) in [5.74, 6) is -0.701. The number of pyridine rings is 1. The fourth-order valence-electron chi connectivity index (χ4n) is 3.57. The first-order valence-electron chi connectivity index (χ1n) is 9.33. The van der Waals surface area contributed by atoms with E-state index in [1.165, 1.54) is 24.1 Å². The van der Waals surface area contributed by atoms with Crippen LogP contribution in [0.4, 0.5) is 13.2 Å². The number of benzene rings is 1. The molecule has 0 spiro atoms. The molecular formula is C21H22F3N3O3. The predicted octanol–water partition coefficient (Wildman–Crippen LogP) is 3.59. The zero-order chi connectivity index (χ0) is 22.1. The maximum atomic E-state index is 13.8. The van der Waals surface area contributed by atoms with E-state index in [1.807, 2.05) is 13.0 Å². The van der Waals surface area contributed by atoms with Crippen LogP contribution in [0.3, 0.4) is 0 Å². The average Bonchev–Trinajstić information content (AvgIpc) is 3.12. The molecule has 1 aliphatic rings.